The van der Waals surface area contributed by atoms with Gasteiger partial charge in [-0.05, 0) is 35.7 Å². The van der Waals surface area contributed by atoms with Crippen molar-refractivity contribution in [2.75, 3.05) is 11.9 Å². The van der Waals surface area contributed by atoms with Crippen molar-refractivity contribution in [2.45, 2.75) is 20.5 Å². The van der Waals surface area contributed by atoms with Crippen LogP contribution in [0.2, 0.25) is 0 Å². The summed E-state index contributed by atoms with van der Waals surface area (Å²) in [7, 11) is 0. The van der Waals surface area contributed by atoms with E-state index in [4.69, 9.17) is 9.47 Å². The second-order valence-corrected chi connectivity index (χ2v) is 6.93. The average Bonchev–Trinajstić information content (AvgIpc) is 2.72. The second kappa shape index (κ2) is 9.60. The normalized spacial score (nSPS) is 10.5. The van der Waals surface area contributed by atoms with Crippen LogP contribution in [0.25, 0.3) is 0 Å². The monoisotopic (exact) mass is 375 g/mol. The number of carbonyl (C=O) groups excluding carboxylic acids is 1. The van der Waals surface area contributed by atoms with Gasteiger partial charge in [-0.15, -0.1) is 0 Å². The molecule has 0 aliphatic rings. The highest BCUT2D eigenvalue weighted by Gasteiger charge is 2.15. The van der Waals surface area contributed by atoms with Crippen LogP contribution in [0.1, 0.15) is 29.8 Å². The fraction of sp³-hybridized carbons (Fsp3) is 0.208. The summed E-state index contributed by atoms with van der Waals surface area (Å²) >= 11 is 0. The summed E-state index contributed by atoms with van der Waals surface area (Å²) in [6, 6.07) is 24.6. The van der Waals surface area contributed by atoms with Gasteiger partial charge in [-0.25, -0.2) is 0 Å². The average molecular weight is 375 g/mol. The van der Waals surface area contributed by atoms with Crippen LogP contribution >= 0.6 is 0 Å². The molecule has 0 spiro atoms. The zero-order chi connectivity index (χ0) is 19.8. The van der Waals surface area contributed by atoms with Crippen LogP contribution in [-0.2, 0) is 6.61 Å². The number of nitrogens with one attached hydrogen (secondary N) is 1. The van der Waals surface area contributed by atoms with Crippen molar-refractivity contribution in [3.05, 3.63) is 90.0 Å². The minimum atomic E-state index is -0.227. The molecule has 0 aliphatic heterocycles. The van der Waals surface area contributed by atoms with Gasteiger partial charge in [-0.1, -0.05) is 68.4 Å². The van der Waals surface area contributed by atoms with E-state index < -0.39 is 0 Å². The van der Waals surface area contributed by atoms with E-state index in [0.717, 1.165) is 5.56 Å². The van der Waals surface area contributed by atoms with Gasteiger partial charge in [0.1, 0.15) is 18.1 Å². The maximum atomic E-state index is 12.9. The molecule has 4 heteroatoms. The van der Waals surface area contributed by atoms with Crippen LogP contribution in [0, 0.1) is 5.92 Å². The maximum absolute atomic E-state index is 12.9. The second-order valence-electron chi connectivity index (χ2n) is 6.93. The number of carbonyl (C=O) groups is 1. The number of benzene rings is 3. The molecule has 28 heavy (non-hydrogen) atoms. The van der Waals surface area contributed by atoms with E-state index in [2.05, 4.69) is 19.2 Å². The lowest BCUT2D eigenvalue weighted by atomic mass is 10.1. The molecule has 0 fully saturated rings. The van der Waals surface area contributed by atoms with Crippen LogP contribution < -0.4 is 14.8 Å². The molecule has 4 nitrogen and oxygen atoms in total. The fourth-order valence-corrected chi connectivity index (χ4v) is 2.66. The van der Waals surface area contributed by atoms with Gasteiger partial charge in [-0.3, -0.25) is 4.79 Å². The molecule has 3 aromatic rings. The molecular weight excluding hydrogens is 350 g/mol. The van der Waals surface area contributed by atoms with Crippen molar-refractivity contribution in [1.82, 2.24) is 0 Å². The van der Waals surface area contributed by atoms with E-state index in [0.29, 0.717) is 41.9 Å². The van der Waals surface area contributed by atoms with Crippen molar-refractivity contribution < 1.29 is 14.3 Å². The molecule has 144 valence electrons. The first-order chi connectivity index (χ1) is 13.6. The molecule has 3 aromatic carbocycles. The van der Waals surface area contributed by atoms with Gasteiger partial charge in [0.2, 0.25) is 0 Å². The molecule has 0 bridgehead atoms. The Balaban J connectivity index is 1.73. The van der Waals surface area contributed by atoms with Crippen molar-refractivity contribution >= 4 is 11.6 Å². The predicted octanol–water partition coefficient (Wildman–Crippen LogP) is 5.55. The summed E-state index contributed by atoms with van der Waals surface area (Å²) in [5.41, 5.74) is 2.19. The third kappa shape index (κ3) is 5.36. The van der Waals surface area contributed by atoms with Crippen LogP contribution in [0.4, 0.5) is 5.69 Å². The lowest BCUT2D eigenvalue weighted by Crippen LogP contribution is -2.15. The Labute approximate surface area is 166 Å². The minimum Gasteiger partial charge on any atom is -0.492 e. The van der Waals surface area contributed by atoms with E-state index in [-0.39, 0.29) is 5.91 Å². The van der Waals surface area contributed by atoms with E-state index in [1.165, 1.54) is 0 Å². The SMILES string of the molecule is CC(C)COc1ccccc1C(=O)Nc1ccccc1OCc1ccccc1. The van der Waals surface area contributed by atoms with Crippen LogP contribution in [0.3, 0.4) is 0 Å². The summed E-state index contributed by atoms with van der Waals surface area (Å²) in [5.74, 6) is 1.36. The van der Waals surface area contributed by atoms with Gasteiger partial charge in [0, 0.05) is 0 Å². The molecule has 3 rings (SSSR count). The highest BCUT2D eigenvalue weighted by molar-refractivity contribution is 6.06. The molecule has 0 radical (unpaired) electrons. The van der Waals surface area contributed by atoms with Crippen molar-refractivity contribution in [3.63, 3.8) is 0 Å². The maximum Gasteiger partial charge on any atom is 0.259 e. The Hall–Kier alpha value is -3.27. The Bertz CT molecular complexity index is 906. The molecular formula is C24H25NO3. The zero-order valence-corrected chi connectivity index (χ0v) is 16.2. The van der Waals surface area contributed by atoms with E-state index >= 15 is 0 Å². The number of hydrogen-bond acceptors (Lipinski definition) is 3. The van der Waals surface area contributed by atoms with Gasteiger partial charge in [-0.2, -0.15) is 0 Å². The lowest BCUT2D eigenvalue weighted by molar-refractivity contribution is 0.102. The van der Waals surface area contributed by atoms with Crippen LogP contribution in [0.5, 0.6) is 11.5 Å². The third-order valence-corrected chi connectivity index (χ3v) is 4.08. The highest BCUT2D eigenvalue weighted by atomic mass is 16.5. The number of para-hydroxylation sites is 3. The standard InChI is InChI=1S/C24H25NO3/c1-18(2)16-27-22-14-8-6-12-20(22)24(26)25-21-13-7-9-15-23(21)28-17-19-10-4-3-5-11-19/h3-15,18H,16-17H2,1-2H3,(H,25,26). The number of hydrogen-bond donors (Lipinski definition) is 1. The largest absolute Gasteiger partial charge is 0.492 e. The summed E-state index contributed by atoms with van der Waals surface area (Å²) in [6.45, 7) is 5.13. The summed E-state index contributed by atoms with van der Waals surface area (Å²) < 4.78 is 11.7. The minimum absolute atomic E-state index is 0.227. The van der Waals surface area contributed by atoms with Gasteiger partial charge < -0.3 is 14.8 Å². The van der Waals surface area contributed by atoms with Crippen LogP contribution in [-0.4, -0.2) is 12.5 Å². The van der Waals surface area contributed by atoms with Gasteiger partial charge >= 0.3 is 0 Å². The van der Waals surface area contributed by atoms with Gasteiger partial charge in [0.05, 0.1) is 17.9 Å². The Kier molecular flexibility index (Phi) is 6.68. The predicted molar refractivity (Wildman–Crippen MR) is 112 cm³/mol. The van der Waals surface area contributed by atoms with E-state index in [9.17, 15) is 4.79 Å². The Morgan fingerprint density at radius 3 is 2.21 bits per heavy atom. The topological polar surface area (TPSA) is 47.6 Å². The Morgan fingerprint density at radius 2 is 1.46 bits per heavy atom. The number of anilines is 1. The molecule has 1 amide bonds. The number of amides is 1. The molecule has 0 atom stereocenters. The molecule has 1 N–H and O–H groups in total. The fourth-order valence-electron chi connectivity index (χ4n) is 2.66. The molecule has 0 heterocycles. The third-order valence-electron chi connectivity index (χ3n) is 4.08. The van der Waals surface area contributed by atoms with Gasteiger partial charge in [0.25, 0.3) is 5.91 Å². The number of rotatable bonds is 8. The van der Waals surface area contributed by atoms with E-state index in [1.54, 1.807) is 6.07 Å². The molecule has 0 unspecified atom stereocenters. The summed E-state index contributed by atoms with van der Waals surface area (Å²) in [5, 5.41) is 2.95. The quantitative estimate of drug-likeness (QED) is 0.561. The lowest BCUT2D eigenvalue weighted by Gasteiger charge is -2.15. The molecule has 0 aromatic heterocycles. The number of ether oxygens (including phenoxy) is 2. The summed E-state index contributed by atoms with van der Waals surface area (Å²) in [4.78, 5) is 12.9. The smallest absolute Gasteiger partial charge is 0.259 e. The van der Waals surface area contributed by atoms with Crippen LogP contribution in [0.15, 0.2) is 78.9 Å². The molecule has 0 saturated heterocycles. The van der Waals surface area contributed by atoms with Gasteiger partial charge in [0.15, 0.2) is 0 Å². The first kappa shape index (κ1) is 19.5. The summed E-state index contributed by atoms with van der Waals surface area (Å²) in [6.07, 6.45) is 0. The molecule has 0 aliphatic carbocycles. The highest BCUT2D eigenvalue weighted by Crippen LogP contribution is 2.27. The first-order valence-electron chi connectivity index (χ1n) is 9.42. The van der Waals surface area contributed by atoms with E-state index in [1.807, 2.05) is 72.8 Å². The first-order valence-corrected chi connectivity index (χ1v) is 9.42. The van der Waals surface area contributed by atoms with Crippen molar-refractivity contribution in [2.24, 2.45) is 5.92 Å². The Morgan fingerprint density at radius 1 is 0.821 bits per heavy atom. The molecule has 0 saturated carbocycles. The van der Waals surface area contributed by atoms with Crippen molar-refractivity contribution in [3.8, 4) is 11.5 Å². The zero-order valence-electron chi connectivity index (χ0n) is 16.2. The van der Waals surface area contributed by atoms with Crippen molar-refractivity contribution in [1.29, 1.82) is 0 Å².